The number of rotatable bonds is 2. The zero-order chi connectivity index (χ0) is 12.5. The maximum atomic E-state index is 12.8. The van der Waals surface area contributed by atoms with Crippen molar-refractivity contribution in [2.75, 3.05) is 7.11 Å². The molecule has 2 aromatic rings. The van der Waals surface area contributed by atoms with Gasteiger partial charge < -0.3 is 4.74 Å². The maximum Gasteiger partial charge on any atom is 0.419 e. The van der Waals surface area contributed by atoms with Crippen LogP contribution < -0.4 is 4.74 Å². The Bertz CT molecular complexity index is 506. The number of nitrogens with zero attached hydrogens (tertiary/aromatic N) is 1. The second-order valence-corrected chi connectivity index (χ2v) is 3.37. The fraction of sp³-hybridized carbons (Fsp3) is 0.182. The summed E-state index contributed by atoms with van der Waals surface area (Å²) >= 11 is 0. The van der Waals surface area contributed by atoms with E-state index in [-0.39, 0.29) is 5.75 Å². The van der Waals surface area contributed by atoms with Crippen molar-refractivity contribution in [2.45, 2.75) is 6.18 Å². The van der Waals surface area contributed by atoms with Gasteiger partial charge in [-0.15, -0.1) is 0 Å². The van der Waals surface area contributed by atoms with Gasteiger partial charge in [0, 0.05) is 17.3 Å². The van der Waals surface area contributed by atoms with Gasteiger partial charge in [0.1, 0.15) is 5.75 Å². The summed E-state index contributed by atoms with van der Waals surface area (Å²) in [5.41, 5.74) is 0.114. The molecule has 1 N–H and O–H groups in total. The molecule has 6 heteroatoms. The van der Waals surface area contributed by atoms with Gasteiger partial charge >= 0.3 is 6.18 Å². The highest BCUT2D eigenvalue weighted by molar-refractivity contribution is 5.71. The van der Waals surface area contributed by atoms with Crippen LogP contribution in [0.5, 0.6) is 5.75 Å². The predicted molar refractivity (Wildman–Crippen MR) is 55.6 cm³/mol. The van der Waals surface area contributed by atoms with Crippen molar-refractivity contribution in [3.63, 3.8) is 0 Å². The van der Waals surface area contributed by atoms with Gasteiger partial charge in [0.05, 0.1) is 18.9 Å². The van der Waals surface area contributed by atoms with E-state index in [0.29, 0.717) is 11.1 Å². The highest BCUT2D eigenvalue weighted by Gasteiger charge is 2.35. The van der Waals surface area contributed by atoms with Crippen molar-refractivity contribution in [1.29, 1.82) is 0 Å². The number of H-pyrrole nitrogens is 1. The highest BCUT2D eigenvalue weighted by Crippen LogP contribution is 2.41. The Morgan fingerprint density at radius 1 is 1.29 bits per heavy atom. The van der Waals surface area contributed by atoms with Crippen LogP contribution >= 0.6 is 0 Å². The molecule has 0 unspecified atom stereocenters. The van der Waals surface area contributed by atoms with Crippen molar-refractivity contribution in [2.24, 2.45) is 0 Å². The molecule has 17 heavy (non-hydrogen) atoms. The minimum Gasteiger partial charge on any atom is -0.495 e. The van der Waals surface area contributed by atoms with Crippen molar-refractivity contribution < 1.29 is 17.9 Å². The molecule has 0 aliphatic rings. The van der Waals surface area contributed by atoms with E-state index in [1.807, 2.05) is 0 Å². The van der Waals surface area contributed by atoms with Gasteiger partial charge in [-0.25, -0.2) is 0 Å². The second kappa shape index (κ2) is 4.12. The number of ether oxygens (including phenoxy) is 1. The van der Waals surface area contributed by atoms with Crippen LogP contribution in [0.15, 0.2) is 30.6 Å². The number of aromatic amines is 1. The molecule has 0 bridgehead atoms. The molecule has 3 nitrogen and oxygen atoms in total. The number of halogens is 3. The molecule has 0 fully saturated rings. The van der Waals surface area contributed by atoms with Crippen molar-refractivity contribution in [3.8, 4) is 16.9 Å². The minimum absolute atomic E-state index is 0.193. The van der Waals surface area contributed by atoms with E-state index in [9.17, 15) is 13.2 Å². The molecular formula is C11H9F3N2O. The first-order valence-corrected chi connectivity index (χ1v) is 4.77. The van der Waals surface area contributed by atoms with Crippen LogP contribution in [-0.4, -0.2) is 17.3 Å². The first-order chi connectivity index (χ1) is 8.04. The van der Waals surface area contributed by atoms with Gasteiger partial charge in [0.25, 0.3) is 0 Å². The van der Waals surface area contributed by atoms with Gasteiger partial charge in [-0.05, 0) is 6.07 Å². The number of benzene rings is 1. The Kier molecular flexibility index (Phi) is 2.79. The molecule has 2 rings (SSSR count). The van der Waals surface area contributed by atoms with Crippen LogP contribution in [-0.2, 0) is 6.18 Å². The Balaban J connectivity index is 2.62. The van der Waals surface area contributed by atoms with E-state index in [0.717, 1.165) is 6.07 Å². The Morgan fingerprint density at radius 3 is 2.59 bits per heavy atom. The summed E-state index contributed by atoms with van der Waals surface area (Å²) in [6, 6.07) is 3.88. The van der Waals surface area contributed by atoms with E-state index in [4.69, 9.17) is 4.74 Å². The van der Waals surface area contributed by atoms with Crippen molar-refractivity contribution in [3.05, 3.63) is 36.2 Å². The fourth-order valence-electron chi connectivity index (χ4n) is 1.61. The summed E-state index contributed by atoms with van der Waals surface area (Å²) in [7, 11) is 1.22. The molecule has 0 aliphatic heterocycles. The molecule has 0 atom stereocenters. The molecule has 1 heterocycles. The third kappa shape index (κ3) is 2.11. The number of hydrogen-bond donors (Lipinski definition) is 1. The van der Waals surface area contributed by atoms with Gasteiger partial charge in [-0.1, -0.05) is 12.1 Å². The van der Waals surface area contributed by atoms with Gasteiger partial charge in [0.15, 0.2) is 0 Å². The summed E-state index contributed by atoms with van der Waals surface area (Å²) in [6.45, 7) is 0. The lowest BCUT2D eigenvalue weighted by Crippen LogP contribution is -2.08. The van der Waals surface area contributed by atoms with Gasteiger partial charge in [-0.3, -0.25) is 5.10 Å². The third-order valence-corrected chi connectivity index (χ3v) is 2.33. The predicted octanol–water partition coefficient (Wildman–Crippen LogP) is 3.10. The van der Waals surface area contributed by atoms with Crippen LogP contribution in [0.2, 0.25) is 0 Å². The molecule has 1 aromatic carbocycles. The number of methoxy groups -OCH3 is 1. The van der Waals surface area contributed by atoms with Crippen LogP contribution in [0.25, 0.3) is 11.1 Å². The summed E-state index contributed by atoms with van der Waals surface area (Å²) in [4.78, 5) is 0. The maximum absolute atomic E-state index is 12.8. The lowest BCUT2D eigenvalue weighted by atomic mass is 10.0. The Morgan fingerprint density at radius 2 is 2.06 bits per heavy atom. The summed E-state index contributed by atoms with van der Waals surface area (Å²) in [5, 5.41) is 6.25. The van der Waals surface area contributed by atoms with Crippen LogP contribution in [0.3, 0.4) is 0 Å². The van der Waals surface area contributed by atoms with Crippen LogP contribution in [0.1, 0.15) is 5.56 Å². The van der Waals surface area contributed by atoms with E-state index in [1.165, 1.54) is 25.6 Å². The average molecular weight is 242 g/mol. The Labute approximate surface area is 95.2 Å². The Hall–Kier alpha value is -1.98. The lowest BCUT2D eigenvalue weighted by Gasteiger charge is -2.14. The third-order valence-electron chi connectivity index (χ3n) is 2.33. The molecule has 0 saturated carbocycles. The molecule has 0 aliphatic carbocycles. The summed E-state index contributed by atoms with van der Waals surface area (Å²) in [6.07, 6.45) is -1.49. The largest absolute Gasteiger partial charge is 0.495 e. The zero-order valence-corrected chi connectivity index (χ0v) is 8.88. The monoisotopic (exact) mass is 242 g/mol. The average Bonchev–Trinajstić information content (AvgIpc) is 2.80. The van der Waals surface area contributed by atoms with E-state index in [2.05, 4.69) is 10.2 Å². The van der Waals surface area contributed by atoms with Gasteiger partial charge in [-0.2, -0.15) is 18.3 Å². The van der Waals surface area contributed by atoms with Crippen molar-refractivity contribution in [1.82, 2.24) is 10.2 Å². The molecular weight excluding hydrogens is 233 g/mol. The lowest BCUT2D eigenvalue weighted by molar-refractivity contribution is -0.138. The summed E-state index contributed by atoms with van der Waals surface area (Å²) < 4.78 is 43.1. The standard InChI is InChI=1S/C11H9F3N2O/c1-17-10-8(7-5-15-16-6-7)3-2-4-9(10)11(12,13)14/h2-6H,1H3,(H,15,16). The number of alkyl halides is 3. The van der Waals surface area contributed by atoms with Crippen LogP contribution in [0, 0.1) is 0 Å². The quantitative estimate of drug-likeness (QED) is 0.878. The first kappa shape index (κ1) is 11.5. The number of nitrogens with one attached hydrogen (secondary N) is 1. The zero-order valence-electron chi connectivity index (χ0n) is 8.88. The molecule has 0 amide bonds. The second-order valence-electron chi connectivity index (χ2n) is 3.37. The fourth-order valence-corrected chi connectivity index (χ4v) is 1.61. The van der Waals surface area contributed by atoms with E-state index >= 15 is 0 Å². The topological polar surface area (TPSA) is 37.9 Å². The van der Waals surface area contributed by atoms with E-state index in [1.54, 1.807) is 6.07 Å². The van der Waals surface area contributed by atoms with Crippen molar-refractivity contribution >= 4 is 0 Å². The first-order valence-electron chi connectivity index (χ1n) is 4.77. The molecule has 0 radical (unpaired) electrons. The summed E-state index contributed by atoms with van der Waals surface area (Å²) in [5.74, 6) is -0.193. The highest BCUT2D eigenvalue weighted by atomic mass is 19.4. The minimum atomic E-state index is -4.44. The number of aromatic nitrogens is 2. The molecule has 90 valence electrons. The molecule has 0 spiro atoms. The number of para-hydroxylation sites is 1. The molecule has 1 aromatic heterocycles. The SMILES string of the molecule is COc1c(-c2cn[nH]c2)cccc1C(F)(F)F. The molecule has 0 saturated heterocycles. The van der Waals surface area contributed by atoms with E-state index < -0.39 is 11.7 Å². The van der Waals surface area contributed by atoms with Crippen LogP contribution in [0.4, 0.5) is 13.2 Å². The normalized spacial score (nSPS) is 11.5. The van der Waals surface area contributed by atoms with Gasteiger partial charge in [0.2, 0.25) is 0 Å². The smallest absolute Gasteiger partial charge is 0.419 e. The number of hydrogen-bond acceptors (Lipinski definition) is 2.